The van der Waals surface area contributed by atoms with E-state index in [0.29, 0.717) is 0 Å². The molecular formula is C11H20O5. The minimum Gasteiger partial charge on any atom is -0.393 e. The van der Waals surface area contributed by atoms with Crippen molar-refractivity contribution in [3.8, 4) is 0 Å². The van der Waals surface area contributed by atoms with Crippen LogP contribution >= 0.6 is 0 Å². The fourth-order valence-corrected chi connectivity index (χ4v) is 3.40. The van der Waals surface area contributed by atoms with Crippen molar-refractivity contribution in [1.29, 1.82) is 0 Å². The van der Waals surface area contributed by atoms with Gasteiger partial charge in [-0.1, -0.05) is 27.7 Å². The van der Waals surface area contributed by atoms with Crippen LogP contribution in [0.25, 0.3) is 0 Å². The molecule has 2 saturated carbocycles. The first-order chi connectivity index (χ1) is 6.97. The molecule has 94 valence electrons. The van der Waals surface area contributed by atoms with Crippen molar-refractivity contribution in [2.24, 2.45) is 10.8 Å². The van der Waals surface area contributed by atoms with Gasteiger partial charge >= 0.3 is 0 Å². The van der Waals surface area contributed by atoms with Gasteiger partial charge in [-0.05, 0) is 0 Å². The van der Waals surface area contributed by atoms with Gasteiger partial charge in [-0.3, -0.25) is 0 Å². The van der Waals surface area contributed by atoms with Crippen LogP contribution in [0.1, 0.15) is 27.7 Å². The van der Waals surface area contributed by atoms with Crippen molar-refractivity contribution >= 4 is 0 Å². The van der Waals surface area contributed by atoms with E-state index < -0.39 is 40.3 Å². The number of aliphatic hydroxyl groups excluding tert-OH is 2. The van der Waals surface area contributed by atoms with E-state index in [1.165, 1.54) is 0 Å². The third-order valence-electron chi connectivity index (χ3n) is 5.23. The molecule has 2 aliphatic carbocycles. The molecule has 4 atom stereocenters. The Bertz CT molecular complexity index is 352. The lowest BCUT2D eigenvalue weighted by Crippen LogP contribution is -2.46. The highest BCUT2D eigenvalue weighted by molar-refractivity contribution is 5.47. The third kappa shape index (κ3) is 0.726. The van der Waals surface area contributed by atoms with Crippen LogP contribution in [-0.2, 0) is 0 Å². The molecular weight excluding hydrogens is 212 g/mol. The van der Waals surface area contributed by atoms with Crippen molar-refractivity contribution < 1.29 is 25.5 Å². The minimum atomic E-state index is -1.88. The fraction of sp³-hybridized carbons (Fsp3) is 1.00. The molecule has 5 N–H and O–H groups in total. The Hall–Kier alpha value is -0.200. The summed E-state index contributed by atoms with van der Waals surface area (Å²) in [6.45, 7) is 5.69. The highest BCUT2D eigenvalue weighted by atomic mass is 16.5. The van der Waals surface area contributed by atoms with E-state index in [9.17, 15) is 25.5 Å². The third-order valence-corrected chi connectivity index (χ3v) is 5.23. The van der Waals surface area contributed by atoms with Crippen molar-refractivity contribution in [2.75, 3.05) is 6.61 Å². The topological polar surface area (TPSA) is 101 Å². The lowest BCUT2D eigenvalue weighted by atomic mass is 9.93. The van der Waals surface area contributed by atoms with Crippen molar-refractivity contribution in [3.05, 3.63) is 0 Å². The summed E-state index contributed by atoms with van der Waals surface area (Å²) < 4.78 is 0. The predicted octanol–water partition coefficient (Wildman–Crippen LogP) is -1.39. The first-order valence-corrected chi connectivity index (χ1v) is 5.43. The summed E-state index contributed by atoms with van der Waals surface area (Å²) in [4.78, 5) is 0. The lowest BCUT2D eigenvalue weighted by Gasteiger charge is -2.24. The van der Waals surface area contributed by atoms with Gasteiger partial charge < -0.3 is 25.5 Å². The molecule has 0 radical (unpaired) electrons. The van der Waals surface area contributed by atoms with Crippen LogP contribution in [0.3, 0.4) is 0 Å². The Morgan fingerprint density at radius 3 is 1.56 bits per heavy atom. The molecule has 0 aromatic heterocycles. The van der Waals surface area contributed by atoms with Crippen molar-refractivity contribution in [3.63, 3.8) is 0 Å². The zero-order valence-corrected chi connectivity index (χ0v) is 10.0. The zero-order chi connectivity index (χ0) is 12.8. The number of hydrogen-bond donors (Lipinski definition) is 5. The van der Waals surface area contributed by atoms with Crippen LogP contribution in [0, 0.1) is 10.8 Å². The van der Waals surface area contributed by atoms with E-state index in [0.717, 1.165) is 0 Å². The molecule has 0 saturated heterocycles. The summed E-state index contributed by atoms with van der Waals surface area (Å²) in [6, 6.07) is 0. The van der Waals surface area contributed by atoms with E-state index in [1.54, 1.807) is 27.7 Å². The Kier molecular flexibility index (Phi) is 1.89. The number of rotatable bonds is 2. The second-order valence-electron chi connectivity index (χ2n) is 6.24. The summed E-state index contributed by atoms with van der Waals surface area (Å²) in [5.74, 6) is 0. The molecule has 16 heavy (non-hydrogen) atoms. The molecule has 2 fully saturated rings. The van der Waals surface area contributed by atoms with Crippen LogP contribution in [0.2, 0.25) is 0 Å². The summed E-state index contributed by atoms with van der Waals surface area (Å²) in [6.07, 6.45) is -1.11. The Labute approximate surface area is 94.3 Å². The summed E-state index contributed by atoms with van der Waals surface area (Å²) in [7, 11) is 0. The first kappa shape index (κ1) is 12.3. The summed E-state index contributed by atoms with van der Waals surface area (Å²) >= 11 is 0. The smallest absolute Gasteiger partial charge is 0.136 e. The summed E-state index contributed by atoms with van der Waals surface area (Å²) in [5.41, 5.74) is -7.38. The maximum atomic E-state index is 10.5. The molecule has 0 aromatic rings. The largest absolute Gasteiger partial charge is 0.393 e. The quantitative estimate of drug-likeness (QED) is 0.403. The van der Waals surface area contributed by atoms with Gasteiger partial charge in [0.1, 0.15) is 16.8 Å². The van der Waals surface area contributed by atoms with Crippen LogP contribution in [0.5, 0.6) is 0 Å². The van der Waals surface area contributed by atoms with E-state index in [4.69, 9.17) is 0 Å². The fourth-order valence-electron chi connectivity index (χ4n) is 3.40. The zero-order valence-electron chi connectivity index (χ0n) is 10.0. The van der Waals surface area contributed by atoms with Crippen LogP contribution < -0.4 is 0 Å². The second-order valence-corrected chi connectivity index (χ2v) is 6.24. The van der Waals surface area contributed by atoms with E-state index in [2.05, 4.69) is 0 Å². The molecule has 0 aliphatic heterocycles. The molecule has 5 nitrogen and oxygen atoms in total. The van der Waals surface area contributed by atoms with Gasteiger partial charge in [0.15, 0.2) is 0 Å². The van der Waals surface area contributed by atoms with Gasteiger partial charge in [-0.25, -0.2) is 0 Å². The van der Waals surface area contributed by atoms with Crippen LogP contribution in [-0.4, -0.2) is 55.0 Å². The lowest BCUT2D eigenvalue weighted by molar-refractivity contribution is -0.116. The maximum absolute atomic E-state index is 10.5. The Balaban J connectivity index is 2.46. The maximum Gasteiger partial charge on any atom is 0.136 e. The Morgan fingerprint density at radius 1 is 1.00 bits per heavy atom. The summed E-state index contributed by atoms with van der Waals surface area (Å²) in [5, 5.41) is 49.9. The minimum absolute atomic E-state index is 0.651. The van der Waals surface area contributed by atoms with Gasteiger partial charge in [0.25, 0.3) is 0 Å². The SMILES string of the molecule is CC1(C)[C@@](O)([C@]2(O)C(O)C2(C)C)[C@]1(O)CO. The molecule has 0 bridgehead atoms. The molecule has 2 rings (SSSR count). The van der Waals surface area contributed by atoms with Gasteiger partial charge in [0.05, 0.1) is 12.7 Å². The van der Waals surface area contributed by atoms with Crippen molar-refractivity contribution in [1.82, 2.24) is 0 Å². The Morgan fingerprint density at radius 2 is 1.38 bits per heavy atom. The molecule has 0 heterocycles. The van der Waals surface area contributed by atoms with Crippen LogP contribution in [0.4, 0.5) is 0 Å². The van der Waals surface area contributed by atoms with Crippen molar-refractivity contribution in [2.45, 2.75) is 50.6 Å². The highest BCUT2D eigenvalue weighted by Crippen LogP contribution is 2.78. The normalized spacial score (nSPS) is 57.2. The first-order valence-electron chi connectivity index (χ1n) is 5.43. The molecule has 0 aromatic carbocycles. The highest BCUT2D eigenvalue weighted by Gasteiger charge is 2.98. The predicted molar refractivity (Wildman–Crippen MR) is 55.5 cm³/mol. The molecule has 1 unspecified atom stereocenters. The monoisotopic (exact) mass is 232 g/mol. The van der Waals surface area contributed by atoms with E-state index in [1.807, 2.05) is 0 Å². The molecule has 0 amide bonds. The number of hydrogen-bond acceptors (Lipinski definition) is 5. The van der Waals surface area contributed by atoms with E-state index >= 15 is 0 Å². The van der Waals surface area contributed by atoms with Gasteiger partial charge in [-0.2, -0.15) is 0 Å². The molecule has 2 aliphatic rings. The van der Waals surface area contributed by atoms with Crippen LogP contribution in [0.15, 0.2) is 0 Å². The molecule has 0 spiro atoms. The van der Waals surface area contributed by atoms with E-state index in [-0.39, 0.29) is 0 Å². The van der Waals surface area contributed by atoms with Gasteiger partial charge in [-0.15, -0.1) is 0 Å². The molecule has 5 heteroatoms. The van der Waals surface area contributed by atoms with Gasteiger partial charge in [0.2, 0.25) is 0 Å². The standard InChI is InChI=1S/C11H20O5/c1-7(2)6(13)10(7,15)11(16)8(3,4)9(11,14)5-12/h6,12-16H,5H2,1-4H3/t6?,9-,10-,11-/m0/s1. The second kappa shape index (κ2) is 2.47. The average molecular weight is 232 g/mol. The van der Waals surface area contributed by atoms with Gasteiger partial charge in [0, 0.05) is 10.8 Å². The number of aliphatic hydroxyl groups is 5. The average Bonchev–Trinajstić information content (AvgIpc) is 2.76.